The van der Waals surface area contributed by atoms with Crippen LogP contribution in [0.4, 0.5) is 0 Å². The van der Waals surface area contributed by atoms with E-state index in [4.69, 9.17) is 23.2 Å². The van der Waals surface area contributed by atoms with Gasteiger partial charge in [-0.05, 0) is 42.5 Å². The Hall–Kier alpha value is -2.39. The molecule has 7 nitrogen and oxygen atoms in total. The fourth-order valence-corrected chi connectivity index (χ4v) is 3.33. The van der Waals surface area contributed by atoms with Crippen molar-refractivity contribution in [3.05, 3.63) is 70.3 Å². The van der Waals surface area contributed by atoms with Gasteiger partial charge in [-0.1, -0.05) is 35.3 Å². The largest absolute Gasteiger partial charge is 0.349 e. The van der Waals surface area contributed by atoms with Crippen molar-refractivity contribution in [2.75, 3.05) is 19.3 Å². The van der Waals surface area contributed by atoms with Crippen LogP contribution in [0.5, 0.6) is 0 Å². The van der Waals surface area contributed by atoms with Crippen LogP contribution >= 0.6 is 23.2 Å². The van der Waals surface area contributed by atoms with Gasteiger partial charge in [-0.2, -0.15) is 5.10 Å². The topological polar surface area (TPSA) is 93.1 Å². The molecule has 0 fully saturated rings. The Morgan fingerprint density at radius 1 is 1.00 bits per heavy atom. The Kier molecular flexibility index (Phi) is 6.59. The first-order chi connectivity index (χ1) is 13.7. The normalized spacial score (nSPS) is 11.4. The SMILES string of the molecule is CS(=O)(=O)NCCNC(=O)c1cc(-c2ccc(Cl)cc2)n(-c2ccc(Cl)cc2)n1. The molecule has 29 heavy (non-hydrogen) atoms. The van der Waals surface area contributed by atoms with Crippen LogP contribution in [-0.4, -0.2) is 43.5 Å². The molecule has 0 spiro atoms. The molecule has 2 aromatic carbocycles. The van der Waals surface area contributed by atoms with Crippen LogP contribution in [0.25, 0.3) is 16.9 Å². The van der Waals surface area contributed by atoms with E-state index >= 15 is 0 Å². The van der Waals surface area contributed by atoms with Gasteiger partial charge in [-0.25, -0.2) is 17.8 Å². The first-order valence-electron chi connectivity index (χ1n) is 8.58. The lowest BCUT2D eigenvalue weighted by atomic mass is 10.1. The summed E-state index contributed by atoms with van der Waals surface area (Å²) in [4.78, 5) is 12.5. The summed E-state index contributed by atoms with van der Waals surface area (Å²) >= 11 is 12.0. The molecular formula is C19H18Cl2N4O3S. The van der Waals surface area contributed by atoms with Crippen LogP contribution in [0, 0.1) is 0 Å². The van der Waals surface area contributed by atoms with E-state index in [1.165, 1.54) is 0 Å². The number of hydrogen-bond donors (Lipinski definition) is 2. The number of aromatic nitrogens is 2. The molecule has 0 bridgehead atoms. The quantitative estimate of drug-likeness (QED) is 0.538. The van der Waals surface area contributed by atoms with Gasteiger partial charge in [-0.3, -0.25) is 4.79 Å². The zero-order valence-corrected chi connectivity index (χ0v) is 17.7. The van der Waals surface area contributed by atoms with Crippen molar-refractivity contribution in [1.29, 1.82) is 0 Å². The molecule has 0 saturated carbocycles. The van der Waals surface area contributed by atoms with Crippen LogP contribution in [-0.2, 0) is 10.0 Å². The van der Waals surface area contributed by atoms with Crippen LogP contribution in [0.1, 0.15) is 10.5 Å². The number of hydrogen-bond acceptors (Lipinski definition) is 4. The Morgan fingerprint density at radius 3 is 2.17 bits per heavy atom. The number of rotatable bonds is 7. The predicted octanol–water partition coefficient (Wildman–Crippen LogP) is 3.13. The number of carbonyl (C=O) groups excluding carboxylic acids is 1. The maximum Gasteiger partial charge on any atom is 0.271 e. The van der Waals surface area contributed by atoms with E-state index in [1.807, 2.05) is 12.1 Å². The van der Waals surface area contributed by atoms with E-state index in [1.54, 1.807) is 47.1 Å². The standard InChI is InChI=1S/C19H18Cl2N4O3S/c1-29(27,28)23-11-10-22-19(26)17-12-18(13-2-4-14(20)5-3-13)25(24-17)16-8-6-15(21)7-9-16/h2-9,12,23H,10-11H2,1H3,(H,22,26). The first-order valence-corrected chi connectivity index (χ1v) is 11.2. The molecule has 2 N–H and O–H groups in total. The van der Waals surface area contributed by atoms with Gasteiger partial charge in [-0.15, -0.1) is 0 Å². The first kappa shape index (κ1) is 21.3. The van der Waals surface area contributed by atoms with Crippen LogP contribution in [0.3, 0.4) is 0 Å². The number of nitrogens with one attached hydrogen (secondary N) is 2. The zero-order chi connectivity index (χ0) is 21.0. The summed E-state index contributed by atoms with van der Waals surface area (Å²) in [5.41, 5.74) is 2.46. The molecule has 1 heterocycles. The van der Waals surface area contributed by atoms with Gasteiger partial charge in [0.05, 0.1) is 17.6 Å². The third kappa shape index (κ3) is 5.80. The third-order valence-electron chi connectivity index (χ3n) is 3.93. The molecule has 0 radical (unpaired) electrons. The van der Waals surface area contributed by atoms with Gasteiger partial charge < -0.3 is 5.32 Å². The van der Waals surface area contributed by atoms with E-state index in [2.05, 4.69) is 15.1 Å². The fourth-order valence-electron chi connectivity index (χ4n) is 2.60. The maximum atomic E-state index is 12.5. The highest BCUT2D eigenvalue weighted by atomic mass is 35.5. The Bertz CT molecular complexity index is 1050. The smallest absolute Gasteiger partial charge is 0.271 e. The molecule has 0 aliphatic carbocycles. The van der Waals surface area contributed by atoms with Crippen LogP contribution in [0.2, 0.25) is 10.0 Å². The Balaban J connectivity index is 1.88. The van der Waals surface area contributed by atoms with Gasteiger partial charge in [0.15, 0.2) is 5.69 Å². The molecule has 1 amide bonds. The number of nitrogens with zero attached hydrogens (tertiary/aromatic N) is 2. The number of sulfonamides is 1. The van der Waals surface area contributed by atoms with E-state index in [0.29, 0.717) is 15.7 Å². The Labute approximate surface area is 178 Å². The lowest BCUT2D eigenvalue weighted by Gasteiger charge is -2.08. The van der Waals surface area contributed by atoms with Crippen molar-refractivity contribution in [3.63, 3.8) is 0 Å². The highest BCUT2D eigenvalue weighted by Gasteiger charge is 2.17. The van der Waals surface area contributed by atoms with Crippen molar-refractivity contribution >= 4 is 39.1 Å². The summed E-state index contributed by atoms with van der Waals surface area (Å²) in [5, 5.41) is 8.26. The van der Waals surface area contributed by atoms with E-state index in [-0.39, 0.29) is 18.8 Å². The molecule has 0 atom stereocenters. The van der Waals surface area contributed by atoms with E-state index < -0.39 is 15.9 Å². The fraction of sp³-hybridized carbons (Fsp3) is 0.158. The van der Waals surface area contributed by atoms with Gasteiger partial charge in [0.25, 0.3) is 5.91 Å². The summed E-state index contributed by atoms with van der Waals surface area (Å²) < 4.78 is 26.2. The summed E-state index contributed by atoms with van der Waals surface area (Å²) in [6, 6.07) is 15.9. The highest BCUT2D eigenvalue weighted by molar-refractivity contribution is 7.88. The molecule has 3 aromatic rings. The van der Waals surface area contributed by atoms with E-state index in [0.717, 1.165) is 17.5 Å². The average molecular weight is 453 g/mol. The zero-order valence-electron chi connectivity index (χ0n) is 15.4. The molecule has 10 heteroatoms. The minimum absolute atomic E-state index is 0.0898. The second kappa shape index (κ2) is 8.96. The van der Waals surface area contributed by atoms with Crippen molar-refractivity contribution in [2.24, 2.45) is 0 Å². The summed E-state index contributed by atoms with van der Waals surface area (Å²) in [6.45, 7) is 0.225. The predicted molar refractivity (Wildman–Crippen MR) is 114 cm³/mol. The van der Waals surface area contributed by atoms with Crippen molar-refractivity contribution in [2.45, 2.75) is 0 Å². The second-order valence-corrected chi connectivity index (χ2v) is 8.94. The number of halogens is 2. The van der Waals surface area contributed by atoms with Gasteiger partial charge in [0.1, 0.15) is 0 Å². The molecule has 0 saturated heterocycles. The average Bonchev–Trinajstić information content (AvgIpc) is 3.11. The lowest BCUT2D eigenvalue weighted by Crippen LogP contribution is -2.34. The highest BCUT2D eigenvalue weighted by Crippen LogP contribution is 2.26. The molecule has 0 aliphatic heterocycles. The molecular weight excluding hydrogens is 435 g/mol. The molecule has 0 aliphatic rings. The van der Waals surface area contributed by atoms with E-state index in [9.17, 15) is 13.2 Å². The van der Waals surface area contributed by atoms with Crippen LogP contribution in [0.15, 0.2) is 54.6 Å². The van der Waals surface area contributed by atoms with Crippen LogP contribution < -0.4 is 10.0 Å². The molecule has 0 unspecified atom stereocenters. The van der Waals surface area contributed by atoms with Gasteiger partial charge >= 0.3 is 0 Å². The minimum Gasteiger partial charge on any atom is -0.349 e. The maximum absolute atomic E-state index is 12.5. The van der Waals surface area contributed by atoms with Gasteiger partial charge in [0, 0.05) is 28.7 Å². The minimum atomic E-state index is -3.31. The summed E-state index contributed by atoms with van der Waals surface area (Å²) in [5.74, 6) is -0.414. The summed E-state index contributed by atoms with van der Waals surface area (Å²) in [7, 11) is -3.31. The number of amides is 1. The van der Waals surface area contributed by atoms with Crippen molar-refractivity contribution in [3.8, 4) is 16.9 Å². The monoisotopic (exact) mass is 452 g/mol. The molecule has 152 valence electrons. The lowest BCUT2D eigenvalue weighted by molar-refractivity contribution is 0.0949. The van der Waals surface area contributed by atoms with Crippen molar-refractivity contribution in [1.82, 2.24) is 19.8 Å². The van der Waals surface area contributed by atoms with Gasteiger partial charge in [0.2, 0.25) is 10.0 Å². The number of benzene rings is 2. The third-order valence-corrected chi connectivity index (χ3v) is 5.16. The Morgan fingerprint density at radius 2 is 1.59 bits per heavy atom. The second-order valence-electron chi connectivity index (χ2n) is 6.23. The summed E-state index contributed by atoms with van der Waals surface area (Å²) in [6.07, 6.45) is 1.06. The molecule has 1 aromatic heterocycles. The number of carbonyl (C=O) groups is 1. The molecule has 3 rings (SSSR count). The van der Waals surface area contributed by atoms with Crippen molar-refractivity contribution < 1.29 is 13.2 Å².